The van der Waals surface area contributed by atoms with E-state index in [0.717, 1.165) is 0 Å². The molecule has 6 nitrogen and oxygen atoms in total. The number of aliphatic hydroxyl groups is 1. The lowest BCUT2D eigenvalue weighted by Gasteiger charge is -2.23. The van der Waals surface area contributed by atoms with Gasteiger partial charge in [0.15, 0.2) is 0 Å². The highest BCUT2D eigenvalue weighted by Crippen LogP contribution is 2.07. The summed E-state index contributed by atoms with van der Waals surface area (Å²) >= 11 is 1.46. The number of carbonyl (C=O) groups is 2. The summed E-state index contributed by atoms with van der Waals surface area (Å²) in [6, 6.07) is -0.636. The van der Waals surface area contributed by atoms with E-state index >= 15 is 0 Å². The molecule has 7 heteroatoms. The van der Waals surface area contributed by atoms with Crippen LogP contribution >= 0.6 is 11.8 Å². The lowest BCUT2D eigenvalue weighted by atomic mass is 10.2. The zero-order valence-corrected chi connectivity index (χ0v) is 12.8. The lowest BCUT2D eigenvalue weighted by Crippen LogP contribution is -2.49. The molecule has 0 saturated carbocycles. The van der Waals surface area contributed by atoms with E-state index in [2.05, 4.69) is 10.6 Å². The van der Waals surface area contributed by atoms with Gasteiger partial charge in [0.2, 0.25) is 5.91 Å². The van der Waals surface area contributed by atoms with Crippen molar-refractivity contribution in [3.8, 4) is 0 Å². The monoisotopic (exact) mass is 292 g/mol. The number of carbonyl (C=O) groups excluding carboxylic acids is 2. The van der Waals surface area contributed by atoms with Crippen LogP contribution in [0.3, 0.4) is 0 Å². The smallest absolute Gasteiger partial charge is 0.408 e. The third-order valence-electron chi connectivity index (χ3n) is 1.97. The highest BCUT2D eigenvalue weighted by atomic mass is 32.2. The second-order valence-electron chi connectivity index (χ2n) is 5.02. The predicted octanol–water partition coefficient (Wildman–Crippen LogP) is 0.741. The van der Waals surface area contributed by atoms with Crippen LogP contribution in [0.15, 0.2) is 0 Å². The molecule has 1 unspecified atom stereocenters. The van der Waals surface area contributed by atoms with Gasteiger partial charge in [-0.3, -0.25) is 4.79 Å². The maximum Gasteiger partial charge on any atom is 0.408 e. The van der Waals surface area contributed by atoms with E-state index in [9.17, 15) is 9.59 Å². The van der Waals surface area contributed by atoms with Crippen LogP contribution in [-0.2, 0) is 9.53 Å². The number of hydrogen-bond donors (Lipinski definition) is 3. The van der Waals surface area contributed by atoms with Crippen molar-refractivity contribution in [2.45, 2.75) is 38.8 Å². The number of amides is 2. The first-order valence-corrected chi connectivity index (χ1v) is 7.56. The zero-order chi connectivity index (χ0) is 14.9. The third-order valence-corrected chi connectivity index (χ3v) is 2.64. The Kier molecular flexibility index (Phi) is 8.58. The Hall–Kier alpha value is -0.950. The first-order chi connectivity index (χ1) is 8.80. The van der Waals surface area contributed by atoms with Gasteiger partial charge in [-0.2, -0.15) is 11.8 Å². The number of hydrogen-bond acceptors (Lipinski definition) is 5. The normalized spacial score (nSPS) is 12.7. The molecule has 0 aromatic heterocycles. The summed E-state index contributed by atoms with van der Waals surface area (Å²) in [6.45, 7) is 5.69. The molecule has 0 bridgehead atoms. The van der Waals surface area contributed by atoms with Gasteiger partial charge in [0.05, 0.1) is 0 Å². The van der Waals surface area contributed by atoms with Crippen molar-refractivity contribution in [1.82, 2.24) is 10.6 Å². The number of thioether (sulfide) groups is 1. The van der Waals surface area contributed by atoms with E-state index in [1.54, 1.807) is 20.8 Å². The molecule has 112 valence electrons. The van der Waals surface area contributed by atoms with Crippen LogP contribution in [0.5, 0.6) is 0 Å². The molecule has 1 atom stereocenters. The molecular weight excluding hydrogens is 268 g/mol. The Balaban J connectivity index is 4.31. The summed E-state index contributed by atoms with van der Waals surface area (Å²) in [6.07, 6.45) is 1.73. The number of alkyl carbamates (subject to hydrolysis) is 1. The standard InChI is InChI=1S/C12H24N2O4S/c1-12(2,3)18-11(17)14-9(8-19-4)10(16)13-6-5-7-15/h9,15H,5-8H2,1-4H3,(H,13,16)(H,14,17). The third kappa shape index (κ3) is 9.61. The lowest BCUT2D eigenvalue weighted by molar-refractivity contribution is -0.122. The van der Waals surface area contributed by atoms with E-state index in [1.807, 2.05) is 6.26 Å². The Morgan fingerprint density at radius 3 is 2.47 bits per heavy atom. The van der Waals surface area contributed by atoms with Crippen LogP contribution in [-0.4, -0.2) is 53.9 Å². The molecule has 0 aliphatic rings. The summed E-state index contributed by atoms with van der Waals surface area (Å²) in [5, 5.41) is 13.8. The van der Waals surface area contributed by atoms with Gasteiger partial charge in [0.1, 0.15) is 11.6 Å². The van der Waals surface area contributed by atoms with Gasteiger partial charge in [0, 0.05) is 18.9 Å². The maximum absolute atomic E-state index is 11.8. The minimum atomic E-state index is -0.636. The van der Waals surface area contributed by atoms with Crippen LogP contribution < -0.4 is 10.6 Å². The molecule has 0 aliphatic heterocycles. The Bertz CT molecular complexity index is 292. The fourth-order valence-corrected chi connectivity index (χ4v) is 1.78. The highest BCUT2D eigenvalue weighted by Gasteiger charge is 2.23. The highest BCUT2D eigenvalue weighted by molar-refractivity contribution is 7.98. The van der Waals surface area contributed by atoms with E-state index in [4.69, 9.17) is 9.84 Å². The Labute approximate surface area is 118 Å². The number of nitrogens with one attached hydrogen (secondary N) is 2. The van der Waals surface area contributed by atoms with Gasteiger partial charge in [-0.1, -0.05) is 0 Å². The van der Waals surface area contributed by atoms with Crippen molar-refractivity contribution in [3.05, 3.63) is 0 Å². The summed E-state index contributed by atoms with van der Waals surface area (Å²) in [4.78, 5) is 23.4. The van der Waals surface area contributed by atoms with Crippen molar-refractivity contribution in [1.29, 1.82) is 0 Å². The number of aliphatic hydroxyl groups excluding tert-OH is 1. The van der Waals surface area contributed by atoms with Crippen LogP contribution in [0.2, 0.25) is 0 Å². The van der Waals surface area contributed by atoms with Crippen LogP contribution in [0.25, 0.3) is 0 Å². The van der Waals surface area contributed by atoms with Gasteiger partial charge < -0.3 is 20.5 Å². The zero-order valence-electron chi connectivity index (χ0n) is 12.0. The summed E-state index contributed by atoms with van der Waals surface area (Å²) in [7, 11) is 0. The van der Waals surface area contributed by atoms with Gasteiger partial charge in [-0.15, -0.1) is 0 Å². The van der Waals surface area contributed by atoms with Crippen molar-refractivity contribution in [2.24, 2.45) is 0 Å². The largest absolute Gasteiger partial charge is 0.444 e. The summed E-state index contributed by atoms with van der Waals surface area (Å²) in [5.41, 5.74) is -0.596. The second kappa shape index (κ2) is 9.03. The fraction of sp³-hybridized carbons (Fsp3) is 0.833. The SMILES string of the molecule is CSCC(NC(=O)OC(C)(C)C)C(=O)NCCCO. The second-order valence-corrected chi connectivity index (χ2v) is 5.93. The van der Waals surface area contributed by atoms with Crippen LogP contribution in [0.1, 0.15) is 27.2 Å². The van der Waals surface area contributed by atoms with Gasteiger partial charge in [-0.25, -0.2) is 4.79 Å². The molecular formula is C12H24N2O4S. The fourth-order valence-electron chi connectivity index (χ4n) is 1.21. The van der Waals surface area contributed by atoms with Crippen LogP contribution in [0, 0.1) is 0 Å². The van der Waals surface area contributed by atoms with Crippen LogP contribution in [0.4, 0.5) is 4.79 Å². The molecule has 0 aromatic rings. The van der Waals surface area contributed by atoms with E-state index in [-0.39, 0.29) is 12.5 Å². The molecule has 0 spiro atoms. The molecule has 0 aliphatic carbocycles. The van der Waals surface area contributed by atoms with Crippen molar-refractivity contribution < 1.29 is 19.4 Å². The van der Waals surface area contributed by atoms with Gasteiger partial charge in [-0.05, 0) is 33.4 Å². The molecule has 0 fully saturated rings. The molecule has 0 radical (unpaired) electrons. The van der Waals surface area contributed by atoms with Crippen molar-refractivity contribution in [2.75, 3.05) is 25.2 Å². The van der Waals surface area contributed by atoms with E-state index < -0.39 is 17.7 Å². The maximum atomic E-state index is 11.8. The molecule has 0 heterocycles. The molecule has 0 rings (SSSR count). The molecule has 19 heavy (non-hydrogen) atoms. The minimum absolute atomic E-state index is 0.0208. The Morgan fingerprint density at radius 2 is 2.00 bits per heavy atom. The molecule has 2 amide bonds. The van der Waals surface area contributed by atoms with E-state index in [1.165, 1.54) is 11.8 Å². The Morgan fingerprint density at radius 1 is 1.37 bits per heavy atom. The predicted molar refractivity (Wildman–Crippen MR) is 76.3 cm³/mol. The van der Waals surface area contributed by atoms with E-state index in [0.29, 0.717) is 18.7 Å². The number of ether oxygens (including phenoxy) is 1. The number of rotatable bonds is 7. The quantitative estimate of drug-likeness (QED) is 0.602. The molecule has 0 saturated heterocycles. The molecule has 3 N–H and O–H groups in total. The first-order valence-electron chi connectivity index (χ1n) is 6.17. The van der Waals surface area contributed by atoms with Crippen molar-refractivity contribution >= 4 is 23.8 Å². The van der Waals surface area contributed by atoms with Crippen molar-refractivity contribution in [3.63, 3.8) is 0 Å². The topological polar surface area (TPSA) is 87.7 Å². The van der Waals surface area contributed by atoms with Gasteiger partial charge >= 0.3 is 6.09 Å². The first kappa shape index (κ1) is 18.0. The summed E-state index contributed by atoms with van der Waals surface area (Å²) in [5.74, 6) is 0.193. The summed E-state index contributed by atoms with van der Waals surface area (Å²) < 4.78 is 5.11. The van der Waals surface area contributed by atoms with Gasteiger partial charge in [0.25, 0.3) is 0 Å². The average Bonchev–Trinajstić information content (AvgIpc) is 2.26. The average molecular weight is 292 g/mol. The molecule has 0 aromatic carbocycles. The minimum Gasteiger partial charge on any atom is -0.444 e.